The smallest absolute Gasteiger partial charge is 0.274 e. The number of nitrogens with zero attached hydrogens (tertiary/aromatic N) is 4. The zero-order valence-corrected chi connectivity index (χ0v) is 18.0. The summed E-state index contributed by atoms with van der Waals surface area (Å²) in [6.45, 7) is 4.13. The summed E-state index contributed by atoms with van der Waals surface area (Å²) in [4.78, 5) is 17.3. The average molecular weight is 421 g/mol. The first-order valence-corrected chi connectivity index (χ1v) is 10.5. The number of amides is 1. The lowest BCUT2D eigenvalue weighted by Gasteiger charge is -2.21. The molecule has 0 atom stereocenters. The number of benzene rings is 2. The molecule has 0 aliphatic carbocycles. The molecule has 7 nitrogen and oxygen atoms in total. The minimum Gasteiger partial charge on any atom is -0.497 e. The number of rotatable bonds is 6. The minimum atomic E-state index is -0.0152. The first kappa shape index (κ1) is 20.9. The quantitative estimate of drug-likeness (QED) is 0.613. The molecule has 4 rings (SSSR count). The van der Waals surface area contributed by atoms with Gasteiger partial charge in [0, 0.05) is 38.9 Å². The molecule has 31 heavy (non-hydrogen) atoms. The van der Waals surface area contributed by atoms with E-state index in [4.69, 9.17) is 9.47 Å². The van der Waals surface area contributed by atoms with Gasteiger partial charge in [-0.25, -0.2) is 4.68 Å². The number of aromatic nitrogens is 2. The van der Waals surface area contributed by atoms with E-state index in [1.165, 1.54) is 5.56 Å². The third kappa shape index (κ3) is 5.06. The average Bonchev–Trinajstić information content (AvgIpc) is 3.20. The fourth-order valence-electron chi connectivity index (χ4n) is 3.80. The van der Waals surface area contributed by atoms with E-state index in [0.717, 1.165) is 49.8 Å². The number of ether oxygens (including phenoxy) is 2. The largest absolute Gasteiger partial charge is 0.497 e. The van der Waals surface area contributed by atoms with Gasteiger partial charge >= 0.3 is 0 Å². The topological polar surface area (TPSA) is 59.8 Å². The molecular formula is C24H28N4O3. The van der Waals surface area contributed by atoms with Crippen molar-refractivity contribution in [3.05, 3.63) is 72.1 Å². The lowest BCUT2D eigenvalue weighted by Crippen LogP contribution is -2.35. The second-order valence-electron chi connectivity index (χ2n) is 7.61. The van der Waals surface area contributed by atoms with Gasteiger partial charge in [-0.3, -0.25) is 9.69 Å². The van der Waals surface area contributed by atoms with Gasteiger partial charge in [-0.2, -0.15) is 5.10 Å². The summed E-state index contributed by atoms with van der Waals surface area (Å²) in [7, 11) is 3.31. The Labute approximate surface area is 182 Å². The maximum Gasteiger partial charge on any atom is 0.274 e. The molecule has 2 heterocycles. The Morgan fingerprint density at radius 1 is 0.871 bits per heavy atom. The zero-order valence-electron chi connectivity index (χ0n) is 18.0. The Bertz CT molecular complexity index is 998. The molecule has 2 aromatic carbocycles. The molecule has 0 bridgehead atoms. The van der Waals surface area contributed by atoms with E-state index in [2.05, 4.69) is 22.1 Å². The highest BCUT2D eigenvalue weighted by Gasteiger charge is 2.22. The van der Waals surface area contributed by atoms with Gasteiger partial charge in [0.2, 0.25) is 0 Å². The van der Waals surface area contributed by atoms with Crippen LogP contribution in [0.1, 0.15) is 22.5 Å². The van der Waals surface area contributed by atoms with Gasteiger partial charge in [0.05, 0.1) is 19.9 Å². The SMILES string of the molecule is COc1ccc(CN2CCCN(C(=O)c3ccn(-c4ccc(OC)cc4)n3)CC2)cc1. The molecule has 0 N–H and O–H groups in total. The van der Waals surface area contributed by atoms with Crippen molar-refractivity contribution < 1.29 is 14.3 Å². The normalized spacial score (nSPS) is 14.8. The van der Waals surface area contributed by atoms with E-state index in [-0.39, 0.29) is 5.91 Å². The fourth-order valence-corrected chi connectivity index (χ4v) is 3.80. The van der Waals surface area contributed by atoms with E-state index in [0.29, 0.717) is 12.2 Å². The third-order valence-corrected chi connectivity index (χ3v) is 5.59. The van der Waals surface area contributed by atoms with Crippen LogP contribution in [0.5, 0.6) is 11.5 Å². The summed E-state index contributed by atoms with van der Waals surface area (Å²) in [5.41, 5.74) is 2.61. The molecule has 1 fully saturated rings. The van der Waals surface area contributed by atoms with Crippen molar-refractivity contribution in [3.8, 4) is 17.2 Å². The number of methoxy groups -OCH3 is 2. The van der Waals surface area contributed by atoms with Gasteiger partial charge in [0.15, 0.2) is 5.69 Å². The molecule has 0 spiro atoms. The lowest BCUT2D eigenvalue weighted by molar-refractivity contribution is 0.0754. The van der Waals surface area contributed by atoms with Crippen LogP contribution in [-0.2, 0) is 6.54 Å². The zero-order chi connectivity index (χ0) is 21.6. The molecule has 1 aromatic heterocycles. The van der Waals surface area contributed by atoms with Gasteiger partial charge < -0.3 is 14.4 Å². The fraction of sp³-hybridized carbons (Fsp3) is 0.333. The van der Waals surface area contributed by atoms with Crippen LogP contribution >= 0.6 is 0 Å². The summed E-state index contributed by atoms with van der Waals surface area (Å²) in [6, 6.07) is 17.6. The van der Waals surface area contributed by atoms with Crippen LogP contribution in [0, 0.1) is 0 Å². The van der Waals surface area contributed by atoms with Crippen LogP contribution in [0.25, 0.3) is 5.69 Å². The van der Waals surface area contributed by atoms with Gasteiger partial charge in [-0.05, 0) is 54.4 Å². The number of carbonyl (C=O) groups is 1. The Balaban J connectivity index is 1.36. The van der Waals surface area contributed by atoms with Crippen LogP contribution in [0.15, 0.2) is 60.8 Å². The molecule has 1 saturated heterocycles. The molecule has 0 saturated carbocycles. The monoisotopic (exact) mass is 420 g/mol. The molecule has 1 aliphatic heterocycles. The predicted octanol–water partition coefficient (Wildman–Crippen LogP) is 3.24. The Hall–Kier alpha value is -3.32. The summed E-state index contributed by atoms with van der Waals surface area (Å²) < 4.78 is 12.1. The Kier molecular flexibility index (Phi) is 6.52. The predicted molar refractivity (Wildman–Crippen MR) is 119 cm³/mol. The minimum absolute atomic E-state index is 0.0152. The molecule has 1 amide bonds. The van der Waals surface area contributed by atoms with E-state index >= 15 is 0 Å². The van der Waals surface area contributed by atoms with Gasteiger partial charge in [0.1, 0.15) is 11.5 Å². The second kappa shape index (κ2) is 9.66. The summed E-state index contributed by atoms with van der Waals surface area (Å²) in [5, 5.41) is 4.50. The van der Waals surface area contributed by atoms with Gasteiger partial charge in [-0.15, -0.1) is 0 Å². The molecule has 0 radical (unpaired) electrons. The van der Waals surface area contributed by atoms with Crippen LogP contribution in [0.2, 0.25) is 0 Å². The van der Waals surface area contributed by atoms with Crippen molar-refractivity contribution in [1.29, 1.82) is 0 Å². The number of hydrogen-bond donors (Lipinski definition) is 0. The molecule has 162 valence electrons. The van der Waals surface area contributed by atoms with Crippen molar-refractivity contribution in [2.24, 2.45) is 0 Å². The van der Waals surface area contributed by atoms with Crippen LogP contribution in [0.4, 0.5) is 0 Å². The van der Waals surface area contributed by atoms with Crippen molar-refractivity contribution in [2.75, 3.05) is 40.4 Å². The summed E-state index contributed by atoms with van der Waals surface area (Å²) in [5.74, 6) is 1.64. The maximum atomic E-state index is 13.0. The molecular weight excluding hydrogens is 392 g/mol. The van der Waals surface area contributed by atoms with Crippen molar-refractivity contribution in [3.63, 3.8) is 0 Å². The molecule has 7 heteroatoms. The third-order valence-electron chi connectivity index (χ3n) is 5.59. The van der Waals surface area contributed by atoms with E-state index < -0.39 is 0 Å². The van der Waals surface area contributed by atoms with Crippen LogP contribution in [0.3, 0.4) is 0 Å². The van der Waals surface area contributed by atoms with E-state index in [9.17, 15) is 4.79 Å². The highest BCUT2D eigenvalue weighted by molar-refractivity contribution is 5.92. The lowest BCUT2D eigenvalue weighted by atomic mass is 10.2. The van der Waals surface area contributed by atoms with E-state index in [1.807, 2.05) is 47.5 Å². The first-order valence-electron chi connectivity index (χ1n) is 10.5. The van der Waals surface area contributed by atoms with Crippen molar-refractivity contribution in [1.82, 2.24) is 19.6 Å². The summed E-state index contributed by atoms with van der Waals surface area (Å²) >= 11 is 0. The standard InChI is InChI=1S/C24H28N4O3/c1-30-21-8-4-19(5-9-21)18-26-13-3-14-27(17-16-26)24(29)23-12-15-28(25-23)20-6-10-22(31-2)11-7-20/h4-12,15H,3,13-14,16-18H2,1-2H3. The first-order chi connectivity index (χ1) is 15.2. The van der Waals surface area contributed by atoms with Gasteiger partial charge in [-0.1, -0.05) is 12.1 Å². The molecule has 1 aliphatic rings. The highest BCUT2D eigenvalue weighted by atomic mass is 16.5. The number of hydrogen-bond acceptors (Lipinski definition) is 5. The van der Waals surface area contributed by atoms with Crippen LogP contribution in [-0.4, -0.2) is 65.9 Å². The summed E-state index contributed by atoms with van der Waals surface area (Å²) in [6.07, 6.45) is 2.77. The maximum absolute atomic E-state index is 13.0. The second-order valence-corrected chi connectivity index (χ2v) is 7.61. The van der Waals surface area contributed by atoms with Crippen LogP contribution < -0.4 is 9.47 Å². The Morgan fingerprint density at radius 2 is 1.55 bits per heavy atom. The van der Waals surface area contributed by atoms with Crippen molar-refractivity contribution >= 4 is 5.91 Å². The van der Waals surface area contributed by atoms with E-state index in [1.54, 1.807) is 25.0 Å². The Morgan fingerprint density at radius 3 is 2.23 bits per heavy atom. The number of carbonyl (C=O) groups excluding carboxylic acids is 1. The van der Waals surface area contributed by atoms with Crippen molar-refractivity contribution in [2.45, 2.75) is 13.0 Å². The molecule has 0 unspecified atom stereocenters. The van der Waals surface area contributed by atoms with Gasteiger partial charge in [0.25, 0.3) is 5.91 Å². The highest BCUT2D eigenvalue weighted by Crippen LogP contribution is 2.17. The molecule has 3 aromatic rings.